The maximum Gasteiger partial charge on any atom is 0.331 e. The van der Waals surface area contributed by atoms with E-state index in [0.29, 0.717) is 6.61 Å². The van der Waals surface area contributed by atoms with E-state index in [4.69, 9.17) is 4.74 Å². The van der Waals surface area contributed by atoms with Gasteiger partial charge in [0.2, 0.25) is 0 Å². The van der Waals surface area contributed by atoms with E-state index in [1.807, 2.05) is 30.3 Å². The lowest BCUT2D eigenvalue weighted by molar-refractivity contribution is -0.139. The van der Waals surface area contributed by atoms with Crippen LogP contribution in [0.2, 0.25) is 19.1 Å². The molecule has 0 amide bonds. The number of carbonyl (C=O) groups excluding carboxylic acids is 1. The highest BCUT2D eigenvalue weighted by Gasteiger charge is 2.32. The van der Waals surface area contributed by atoms with Gasteiger partial charge in [-0.2, -0.15) is 0 Å². The number of ether oxygens (including phenoxy) is 1. The van der Waals surface area contributed by atoms with E-state index in [0.717, 1.165) is 24.3 Å². The van der Waals surface area contributed by atoms with E-state index >= 15 is 0 Å². The van der Waals surface area contributed by atoms with Crippen molar-refractivity contribution in [3.8, 4) is 0 Å². The molecule has 0 spiro atoms. The van der Waals surface area contributed by atoms with Crippen molar-refractivity contribution in [3.63, 3.8) is 0 Å². The van der Waals surface area contributed by atoms with E-state index in [9.17, 15) is 4.79 Å². The Labute approximate surface area is 151 Å². The standard InChI is InChI=1S/C22H26O2Si/c1-25(2,21-11-7-4-8-12-21)17-20-13-19(14-20)15-22(23)24-16-18-9-5-3-6-10-18/h3-12,15,20H,13-14,16-17H2,1-2H3. The van der Waals surface area contributed by atoms with Crippen LogP contribution in [0.25, 0.3) is 0 Å². The Morgan fingerprint density at radius 1 is 1.04 bits per heavy atom. The highest BCUT2D eigenvalue weighted by molar-refractivity contribution is 6.89. The lowest BCUT2D eigenvalue weighted by atomic mass is 9.81. The molecule has 2 aromatic carbocycles. The second kappa shape index (κ2) is 7.83. The van der Waals surface area contributed by atoms with Crippen LogP contribution in [-0.4, -0.2) is 14.0 Å². The highest BCUT2D eigenvalue weighted by atomic mass is 28.3. The molecular formula is C22H26O2Si. The van der Waals surface area contributed by atoms with Crippen molar-refractivity contribution in [2.24, 2.45) is 5.92 Å². The third kappa shape index (κ3) is 4.92. The van der Waals surface area contributed by atoms with Gasteiger partial charge in [0.05, 0.1) is 8.07 Å². The van der Waals surface area contributed by atoms with Crippen molar-refractivity contribution in [2.45, 2.75) is 38.6 Å². The number of allylic oxidation sites excluding steroid dienone is 1. The second-order valence-electron chi connectivity index (χ2n) is 7.62. The summed E-state index contributed by atoms with van der Waals surface area (Å²) in [6.07, 6.45) is 3.80. The van der Waals surface area contributed by atoms with Crippen molar-refractivity contribution >= 4 is 19.2 Å². The third-order valence-electron chi connectivity index (χ3n) is 5.00. The number of rotatable bonds is 6. The maximum atomic E-state index is 11.9. The van der Waals surface area contributed by atoms with Crippen LogP contribution in [0.1, 0.15) is 18.4 Å². The van der Waals surface area contributed by atoms with E-state index < -0.39 is 8.07 Å². The second-order valence-corrected chi connectivity index (χ2v) is 12.4. The van der Waals surface area contributed by atoms with E-state index in [1.165, 1.54) is 16.8 Å². The average molecular weight is 351 g/mol. The fourth-order valence-corrected chi connectivity index (χ4v) is 6.67. The van der Waals surface area contributed by atoms with E-state index in [1.54, 1.807) is 6.08 Å². The van der Waals surface area contributed by atoms with Gasteiger partial charge in [-0.15, -0.1) is 0 Å². The lowest BCUT2D eigenvalue weighted by Gasteiger charge is -2.35. The lowest BCUT2D eigenvalue weighted by Crippen LogP contribution is -2.44. The smallest absolute Gasteiger partial charge is 0.331 e. The predicted molar refractivity (Wildman–Crippen MR) is 105 cm³/mol. The normalized spacial score (nSPS) is 16.9. The van der Waals surface area contributed by atoms with E-state index in [2.05, 4.69) is 43.4 Å². The number of hydrogen-bond acceptors (Lipinski definition) is 2. The number of hydrogen-bond donors (Lipinski definition) is 0. The molecule has 3 heteroatoms. The molecule has 2 aromatic rings. The van der Waals surface area contributed by atoms with Crippen LogP contribution in [0.5, 0.6) is 0 Å². The Bertz CT molecular complexity index is 727. The Morgan fingerprint density at radius 2 is 1.64 bits per heavy atom. The summed E-state index contributed by atoms with van der Waals surface area (Å²) in [5.41, 5.74) is 2.26. The minimum absolute atomic E-state index is 0.211. The van der Waals surface area contributed by atoms with Gasteiger partial charge >= 0.3 is 5.97 Å². The van der Waals surface area contributed by atoms with Crippen LogP contribution < -0.4 is 5.19 Å². The first kappa shape index (κ1) is 17.7. The molecule has 1 aliphatic carbocycles. The molecule has 0 atom stereocenters. The van der Waals surface area contributed by atoms with Gasteiger partial charge in [-0.25, -0.2) is 4.79 Å². The van der Waals surface area contributed by atoms with Crippen molar-refractivity contribution < 1.29 is 9.53 Å². The summed E-state index contributed by atoms with van der Waals surface area (Å²) in [5, 5.41) is 1.52. The number of carbonyl (C=O) groups is 1. The quantitative estimate of drug-likeness (QED) is 0.429. The Kier molecular flexibility index (Phi) is 5.54. The molecule has 0 bridgehead atoms. The van der Waals surface area contributed by atoms with Crippen LogP contribution >= 0.6 is 0 Å². The topological polar surface area (TPSA) is 26.3 Å². The van der Waals surface area contributed by atoms with Crippen molar-refractivity contribution in [1.29, 1.82) is 0 Å². The highest BCUT2D eigenvalue weighted by Crippen LogP contribution is 2.38. The maximum absolute atomic E-state index is 11.9. The largest absolute Gasteiger partial charge is 0.458 e. The molecular weight excluding hydrogens is 324 g/mol. The monoisotopic (exact) mass is 350 g/mol. The molecule has 1 aliphatic rings. The first-order chi connectivity index (χ1) is 12.0. The van der Waals surface area contributed by atoms with Gasteiger partial charge in [0, 0.05) is 6.08 Å². The molecule has 0 saturated heterocycles. The minimum atomic E-state index is -1.38. The van der Waals surface area contributed by atoms with Gasteiger partial charge in [0.15, 0.2) is 0 Å². The van der Waals surface area contributed by atoms with Gasteiger partial charge in [-0.1, -0.05) is 90.6 Å². The van der Waals surface area contributed by atoms with Crippen LogP contribution in [0.4, 0.5) is 0 Å². The number of benzene rings is 2. The Hall–Kier alpha value is -2.13. The van der Waals surface area contributed by atoms with Gasteiger partial charge < -0.3 is 4.74 Å². The molecule has 0 radical (unpaired) electrons. The molecule has 0 aliphatic heterocycles. The molecule has 0 heterocycles. The summed E-state index contributed by atoms with van der Waals surface area (Å²) in [6.45, 7) is 5.23. The first-order valence-corrected chi connectivity index (χ1v) is 12.2. The summed E-state index contributed by atoms with van der Waals surface area (Å²) in [7, 11) is -1.38. The summed E-state index contributed by atoms with van der Waals surface area (Å²) < 4.78 is 5.33. The van der Waals surface area contributed by atoms with Gasteiger partial charge in [-0.3, -0.25) is 0 Å². The van der Waals surface area contributed by atoms with Crippen molar-refractivity contribution in [1.82, 2.24) is 0 Å². The molecule has 0 unspecified atom stereocenters. The summed E-state index contributed by atoms with van der Waals surface area (Å²) in [6, 6.07) is 22.0. The van der Waals surface area contributed by atoms with E-state index in [-0.39, 0.29) is 5.97 Å². The van der Waals surface area contributed by atoms with Crippen LogP contribution in [0, 0.1) is 5.92 Å². The number of esters is 1. The van der Waals surface area contributed by atoms with Crippen LogP contribution in [0.3, 0.4) is 0 Å². The van der Waals surface area contributed by atoms with Gasteiger partial charge in [0.1, 0.15) is 6.61 Å². The Morgan fingerprint density at radius 3 is 2.28 bits per heavy atom. The van der Waals surface area contributed by atoms with Gasteiger partial charge in [-0.05, 0) is 24.3 Å². The van der Waals surface area contributed by atoms with Gasteiger partial charge in [0.25, 0.3) is 0 Å². The zero-order valence-electron chi connectivity index (χ0n) is 15.1. The minimum Gasteiger partial charge on any atom is -0.458 e. The SMILES string of the molecule is C[Si](C)(CC1CC(=CC(=O)OCc2ccccc2)C1)c1ccccc1. The predicted octanol–water partition coefficient (Wildman–Crippen LogP) is 4.68. The molecule has 2 nitrogen and oxygen atoms in total. The van der Waals surface area contributed by atoms with Crippen molar-refractivity contribution in [3.05, 3.63) is 77.9 Å². The fourth-order valence-electron chi connectivity index (χ4n) is 3.61. The molecule has 3 rings (SSSR count). The average Bonchev–Trinajstić information content (AvgIpc) is 2.60. The van der Waals surface area contributed by atoms with Crippen molar-refractivity contribution in [2.75, 3.05) is 0 Å². The molecule has 0 N–H and O–H groups in total. The zero-order valence-corrected chi connectivity index (χ0v) is 16.1. The summed E-state index contributed by atoms with van der Waals surface area (Å²) in [5.74, 6) is 0.506. The molecule has 130 valence electrons. The first-order valence-electron chi connectivity index (χ1n) is 8.98. The van der Waals surface area contributed by atoms with Crippen LogP contribution in [-0.2, 0) is 16.1 Å². The third-order valence-corrected chi connectivity index (χ3v) is 8.50. The molecule has 0 aromatic heterocycles. The summed E-state index contributed by atoms with van der Waals surface area (Å²) in [4.78, 5) is 11.9. The van der Waals surface area contributed by atoms with Crippen LogP contribution in [0.15, 0.2) is 72.3 Å². The fraction of sp³-hybridized carbons (Fsp3) is 0.318. The molecule has 25 heavy (non-hydrogen) atoms. The Balaban J connectivity index is 1.45. The zero-order chi connectivity index (χ0) is 17.7. The summed E-state index contributed by atoms with van der Waals surface area (Å²) >= 11 is 0. The molecule has 1 fully saturated rings. The molecule has 1 saturated carbocycles.